The van der Waals surface area contributed by atoms with Crippen LogP contribution in [0.5, 0.6) is 5.75 Å². The summed E-state index contributed by atoms with van der Waals surface area (Å²) in [6.45, 7) is 8.36. The van der Waals surface area contributed by atoms with Crippen molar-refractivity contribution in [2.45, 2.75) is 32.4 Å². The van der Waals surface area contributed by atoms with Gasteiger partial charge >= 0.3 is 0 Å². The van der Waals surface area contributed by atoms with E-state index in [2.05, 4.69) is 43.0 Å². The van der Waals surface area contributed by atoms with E-state index < -0.39 is 0 Å². The summed E-state index contributed by atoms with van der Waals surface area (Å²) < 4.78 is 11.2. The van der Waals surface area contributed by atoms with Gasteiger partial charge in [-0.05, 0) is 31.0 Å². The number of benzene rings is 1. The predicted octanol–water partition coefficient (Wildman–Crippen LogP) is 2.20. The number of nitrogens with two attached hydrogens (primary N) is 1. The Morgan fingerprint density at radius 1 is 1.40 bits per heavy atom. The first-order chi connectivity index (χ1) is 9.74. The summed E-state index contributed by atoms with van der Waals surface area (Å²) in [6, 6.07) is 8.81. The fourth-order valence-electron chi connectivity index (χ4n) is 2.51. The zero-order valence-corrected chi connectivity index (χ0v) is 12.5. The highest BCUT2D eigenvalue weighted by molar-refractivity contribution is 5.29. The van der Waals surface area contributed by atoms with E-state index in [1.165, 1.54) is 5.56 Å². The van der Waals surface area contributed by atoms with Crippen molar-refractivity contribution in [2.75, 3.05) is 32.8 Å². The minimum Gasteiger partial charge on any atom is -0.494 e. The van der Waals surface area contributed by atoms with E-state index in [-0.39, 0.29) is 6.10 Å². The van der Waals surface area contributed by atoms with Gasteiger partial charge in [-0.1, -0.05) is 19.1 Å². The molecule has 1 heterocycles. The van der Waals surface area contributed by atoms with Gasteiger partial charge in [-0.25, -0.2) is 0 Å². The van der Waals surface area contributed by atoms with Crippen LogP contribution in [0.25, 0.3) is 0 Å². The lowest BCUT2D eigenvalue weighted by atomic mass is 10.1. The number of hydrogen-bond donors (Lipinski definition) is 1. The predicted molar refractivity (Wildman–Crippen MR) is 81.0 cm³/mol. The Morgan fingerprint density at radius 2 is 2.15 bits per heavy atom. The molecule has 1 fully saturated rings. The molecule has 20 heavy (non-hydrogen) atoms. The molecule has 4 nitrogen and oxygen atoms in total. The van der Waals surface area contributed by atoms with Crippen LogP contribution in [0.3, 0.4) is 0 Å². The Kier molecular flexibility index (Phi) is 5.83. The van der Waals surface area contributed by atoms with E-state index in [9.17, 15) is 0 Å². The van der Waals surface area contributed by atoms with E-state index in [4.69, 9.17) is 15.2 Å². The second-order valence-electron chi connectivity index (χ2n) is 5.32. The summed E-state index contributed by atoms with van der Waals surface area (Å²) in [6.07, 6.45) is 1.20. The van der Waals surface area contributed by atoms with Gasteiger partial charge in [0.25, 0.3) is 0 Å². The standard InChI is InChI=1S/C16H26N2O2/c1-3-9-19-15-6-4-14(5-7-15)13(2)18-8-10-20-16(11-17)12-18/h4-7,13,16H,3,8-12,17H2,1-2H3. The van der Waals surface area contributed by atoms with Crippen LogP contribution in [0.1, 0.15) is 31.9 Å². The van der Waals surface area contributed by atoms with Gasteiger partial charge in [0.1, 0.15) is 5.75 Å². The summed E-state index contributed by atoms with van der Waals surface area (Å²) >= 11 is 0. The normalized spacial score (nSPS) is 21.6. The largest absolute Gasteiger partial charge is 0.494 e. The highest BCUT2D eigenvalue weighted by atomic mass is 16.5. The van der Waals surface area contributed by atoms with Crippen molar-refractivity contribution in [3.05, 3.63) is 29.8 Å². The van der Waals surface area contributed by atoms with Crippen molar-refractivity contribution in [3.63, 3.8) is 0 Å². The third kappa shape index (κ3) is 3.95. The summed E-state index contributed by atoms with van der Waals surface area (Å²) in [5.74, 6) is 0.949. The molecule has 1 saturated heterocycles. The van der Waals surface area contributed by atoms with Crippen molar-refractivity contribution in [1.82, 2.24) is 4.90 Å². The molecule has 2 unspecified atom stereocenters. The molecule has 0 amide bonds. The van der Waals surface area contributed by atoms with Crippen LogP contribution in [-0.4, -0.2) is 43.9 Å². The molecule has 2 N–H and O–H groups in total. The Hall–Kier alpha value is -1.10. The molecule has 1 aromatic carbocycles. The van der Waals surface area contributed by atoms with Crippen LogP contribution < -0.4 is 10.5 Å². The average Bonchev–Trinajstić information content (AvgIpc) is 2.52. The molecule has 0 bridgehead atoms. The fourth-order valence-corrected chi connectivity index (χ4v) is 2.51. The van der Waals surface area contributed by atoms with Gasteiger partial charge in [-0.2, -0.15) is 0 Å². The SMILES string of the molecule is CCCOc1ccc(C(C)N2CCOC(CN)C2)cc1. The van der Waals surface area contributed by atoms with Crippen LogP contribution in [0.4, 0.5) is 0 Å². The Morgan fingerprint density at radius 3 is 2.80 bits per heavy atom. The molecule has 1 aliphatic heterocycles. The molecular weight excluding hydrogens is 252 g/mol. The van der Waals surface area contributed by atoms with Crippen LogP contribution in [0.15, 0.2) is 24.3 Å². The summed E-state index contributed by atoms with van der Waals surface area (Å²) in [7, 11) is 0. The van der Waals surface area contributed by atoms with E-state index in [0.29, 0.717) is 12.6 Å². The lowest BCUT2D eigenvalue weighted by molar-refractivity contribution is -0.0364. The zero-order chi connectivity index (χ0) is 14.4. The fraction of sp³-hybridized carbons (Fsp3) is 0.625. The minimum atomic E-state index is 0.165. The lowest BCUT2D eigenvalue weighted by Crippen LogP contribution is -2.46. The molecule has 0 radical (unpaired) electrons. The molecule has 0 aromatic heterocycles. The molecule has 1 aliphatic rings. The maximum Gasteiger partial charge on any atom is 0.119 e. The summed E-state index contributed by atoms with van der Waals surface area (Å²) in [4.78, 5) is 2.43. The molecule has 1 aromatic rings. The highest BCUT2D eigenvalue weighted by Gasteiger charge is 2.23. The Balaban J connectivity index is 1.95. The minimum absolute atomic E-state index is 0.165. The highest BCUT2D eigenvalue weighted by Crippen LogP contribution is 2.24. The topological polar surface area (TPSA) is 47.7 Å². The second kappa shape index (κ2) is 7.62. The van der Waals surface area contributed by atoms with Gasteiger partial charge in [0, 0.05) is 25.7 Å². The van der Waals surface area contributed by atoms with E-state index in [1.807, 2.05) is 0 Å². The summed E-state index contributed by atoms with van der Waals surface area (Å²) in [5, 5.41) is 0. The van der Waals surface area contributed by atoms with Crippen molar-refractivity contribution < 1.29 is 9.47 Å². The van der Waals surface area contributed by atoms with Crippen LogP contribution in [0, 0.1) is 0 Å². The monoisotopic (exact) mass is 278 g/mol. The number of morpholine rings is 1. The van der Waals surface area contributed by atoms with Crippen LogP contribution >= 0.6 is 0 Å². The number of rotatable bonds is 6. The number of ether oxygens (including phenoxy) is 2. The molecular formula is C16H26N2O2. The van der Waals surface area contributed by atoms with Crippen molar-refractivity contribution in [1.29, 1.82) is 0 Å². The summed E-state index contributed by atoms with van der Waals surface area (Å²) in [5.41, 5.74) is 7.01. The Labute approximate surface area is 121 Å². The molecule has 0 spiro atoms. The molecule has 0 aliphatic carbocycles. The van der Waals surface area contributed by atoms with Gasteiger partial charge in [-0.15, -0.1) is 0 Å². The van der Waals surface area contributed by atoms with E-state index in [0.717, 1.165) is 38.5 Å². The molecule has 112 valence electrons. The lowest BCUT2D eigenvalue weighted by Gasteiger charge is -2.36. The van der Waals surface area contributed by atoms with Crippen LogP contribution in [0.2, 0.25) is 0 Å². The number of hydrogen-bond acceptors (Lipinski definition) is 4. The zero-order valence-electron chi connectivity index (χ0n) is 12.5. The van der Waals surface area contributed by atoms with Crippen molar-refractivity contribution in [2.24, 2.45) is 5.73 Å². The van der Waals surface area contributed by atoms with E-state index >= 15 is 0 Å². The quantitative estimate of drug-likeness (QED) is 0.866. The van der Waals surface area contributed by atoms with Crippen molar-refractivity contribution >= 4 is 0 Å². The second-order valence-corrected chi connectivity index (χ2v) is 5.32. The molecule has 2 atom stereocenters. The van der Waals surface area contributed by atoms with Gasteiger partial charge < -0.3 is 15.2 Å². The number of nitrogens with zero attached hydrogens (tertiary/aromatic N) is 1. The first-order valence-electron chi connectivity index (χ1n) is 7.53. The van der Waals surface area contributed by atoms with Gasteiger partial charge in [0.05, 0.1) is 19.3 Å². The Bertz CT molecular complexity index is 394. The maximum atomic E-state index is 5.70. The first-order valence-corrected chi connectivity index (χ1v) is 7.53. The van der Waals surface area contributed by atoms with E-state index in [1.54, 1.807) is 0 Å². The smallest absolute Gasteiger partial charge is 0.119 e. The van der Waals surface area contributed by atoms with Gasteiger partial charge in [0.15, 0.2) is 0 Å². The van der Waals surface area contributed by atoms with Gasteiger partial charge in [-0.3, -0.25) is 4.90 Å². The first kappa shape index (κ1) is 15.3. The third-order valence-corrected chi connectivity index (χ3v) is 3.82. The van der Waals surface area contributed by atoms with Crippen LogP contribution in [-0.2, 0) is 4.74 Å². The third-order valence-electron chi connectivity index (χ3n) is 3.82. The maximum absolute atomic E-state index is 5.70. The molecule has 2 rings (SSSR count). The molecule has 0 saturated carbocycles. The average molecular weight is 278 g/mol. The molecule has 4 heteroatoms. The van der Waals surface area contributed by atoms with Crippen molar-refractivity contribution in [3.8, 4) is 5.75 Å². The van der Waals surface area contributed by atoms with Gasteiger partial charge in [0.2, 0.25) is 0 Å².